The van der Waals surface area contributed by atoms with Crippen molar-refractivity contribution in [1.82, 2.24) is 0 Å². The monoisotopic (exact) mass is 172 g/mol. The summed E-state index contributed by atoms with van der Waals surface area (Å²) in [6.45, 7) is 0. The molecular weight excluding hydrogens is 158 g/mol. The molecule has 0 fully saturated rings. The van der Waals surface area contributed by atoms with Crippen LogP contribution in [0.4, 0.5) is 5.69 Å². The highest BCUT2D eigenvalue weighted by atomic mass is 14.6. The van der Waals surface area contributed by atoms with Gasteiger partial charge in [-0.05, 0) is 30.9 Å². The van der Waals surface area contributed by atoms with Crippen LogP contribution in [0.15, 0.2) is 36.4 Å². The first-order valence-electron chi connectivity index (χ1n) is 4.75. The van der Waals surface area contributed by atoms with Crippen molar-refractivity contribution in [2.45, 2.75) is 19.3 Å². The zero-order valence-electron chi connectivity index (χ0n) is 7.66. The van der Waals surface area contributed by atoms with Crippen molar-refractivity contribution in [3.05, 3.63) is 47.9 Å². The van der Waals surface area contributed by atoms with Crippen LogP contribution in [0.25, 0.3) is 0 Å². The summed E-state index contributed by atoms with van der Waals surface area (Å²) in [7, 11) is 0. The molecule has 1 aliphatic rings. The first kappa shape index (κ1) is 8.36. The van der Waals surface area contributed by atoms with E-state index in [2.05, 4.69) is 18.2 Å². The van der Waals surface area contributed by atoms with E-state index in [4.69, 9.17) is 5.73 Å². The summed E-state index contributed by atoms with van der Waals surface area (Å²) in [6, 6.07) is 8.08. The standard InChI is InChI=1S/C12H14N/c13-12-9-5-4-8-11(12)10-6-2-1-3-7-10/h2,4-6,8-9H,1,3,7,13H2. The molecular formula is C12H14N. The van der Waals surface area contributed by atoms with Crippen molar-refractivity contribution >= 4 is 5.69 Å². The molecule has 1 aromatic rings. The van der Waals surface area contributed by atoms with E-state index in [9.17, 15) is 0 Å². The van der Waals surface area contributed by atoms with Gasteiger partial charge in [-0.2, -0.15) is 0 Å². The van der Waals surface area contributed by atoms with E-state index < -0.39 is 0 Å². The second-order valence-corrected chi connectivity index (χ2v) is 3.41. The molecule has 1 aliphatic carbocycles. The Morgan fingerprint density at radius 1 is 1.15 bits per heavy atom. The quantitative estimate of drug-likeness (QED) is 0.647. The summed E-state index contributed by atoms with van der Waals surface area (Å²) < 4.78 is 0. The number of rotatable bonds is 1. The van der Waals surface area contributed by atoms with Gasteiger partial charge in [0, 0.05) is 11.6 Å². The predicted octanol–water partition coefficient (Wildman–Crippen LogP) is 2.93. The fourth-order valence-electron chi connectivity index (χ4n) is 1.73. The maximum Gasteiger partial charge on any atom is 0.0355 e. The summed E-state index contributed by atoms with van der Waals surface area (Å²) in [5.41, 5.74) is 8.00. The molecule has 13 heavy (non-hydrogen) atoms. The van der Waals surface area contributed by atoms with Gasteiger partial charge in [0.25, 0.3) is 0 Å². The van der Waals surface area contributed by atoms with Crippen molar-refractivity contribution in [2.24, 2.45) is 0 Å². The number of nitrogen functional groups attached to an aromatic ring is 1. The number of para-hydroxylation sites is 1. The molecule has 1 radical (unpaired) electrons. The number of allylic oxidation sites excluding steroid dienone is 2. The van der Waals surface area contributed by atoms with Gasteiger partial charge in [-0.15, -0.1) is 0 Å². The van der Waals surface area contributed by atoms with Crippen LogP contribution >= 0.6 is 0 Å². The van der Waals surface area contributed by atoms with E-state index in [0.717, 1.165) is 12.1 Å². The first-order valence-corrected chi connectivity index (χ1v) is 4.75. The minimum Gasteiger partial charge on any atom is -0.398 e. The molecule has 1 heteroatoms. The summed E-state index contributed by atoms with van der Waals surface area (Å²) in [6.07, 6.45) is 8.04. The van der Waals surface area contributed by atoms with Crippen LogP contribution in [-0.2, 0) is 0 Å². The molecule has 0 aromatic heterocycles. The van der Waals surface area contributed by atoms with Crippen molar-refractivity contribution in [3.8, 4) is 0 Å². The average molecular weight is 172 g/mol. The molecule has 0 saturated carbocycles. The van der Waals surface area contributed by atoms with E-state index in [0.29, 0.717) is 0 Å². The van der Waals surface area contributed by atoms with Gasteiger partial charge in [0.1, 0.15) is 0 Å². The maximum atomic E-state index is 5.90. The number of nitrogens with two attached hydrogens (primary N) is 1. The fourth-order valence-corrected chi connectivity index (χ4v) is 1.73. The lowest BCUT2D eigenvalue weighted by Crippen LogP contribution is -2.03. The van der Waals surface area contributed by atoms with Crippen molar-refractivity contribution in [3.63, 3.8) is 0 Å². The van der Waals surface area contributed by atoms with E-state index in [1.807, 2.05) is 18.2 Å². The number of anilines is 1. The zero-order chi connectivity index (χ0) is 9.10. The third kappa shape index (κ3) is 1.74. The Balaban J connectivity index is 2.29. The first-order chi connectivity index (χ1) is 6.38. The van der Waals surface area contributed by atoms with E-state index in [-0.39, 0.29) is 0 Å². The molecule has 0 unspecified atom stereocenters. The van der Waals surface area contributed by atoms with Crippen LogP contribution < -0.4 is 5.73 Å². The van der Waals surface area contributed by atoms with Crippen LogP contribution in [0.2, 0.25) is 0 Å². The molecule has 0 aliphatic heterocycles. The summed E-state index contributed by atoms with van der Waals surface area (Å²) in [4.78, 5) is 0. The smallest absolute Gasteiger partial charge is 0.0355 e. The zero-order valence-corrected chi connectivity index (χ0v) is 7.66. The Labute approximate surface area is 79.3 Å². The number of benzene rings is 1. The van der Waals surface area contributed by atoms with E-state index >= 15 is 0 Å². The highest BCUT2D eigenvalue weighted by Crippen LogP contribution is 2.29. The summed E-state index contributed by atoms with van der Waals surface area (Å²) >= 11 is 0. The molecule has 2 N–H and O–H groups in total. The predicted molar refractivity (Wildman–Crippen MR) is 56.2 cm³/mol. The lowest BCUT2D eigenvalue weighted by Gasteiger charge is -2.17. The molecule has 0 heterocycles. The summed E-state index contributed by atoms with van der Waals surface area (Å²) in [5.74, 6) is 1.38. The van der Waals surface area contributed by atoms with Gasteiger partial charge < -0.3 is 5.73 Å². The van der Waals surface area contributed by atoms with Gasteiger partial charge in [-0.3, -0.25) is 0 Å². The molecule has 0 spiro atoms. The molecule has 0 amide bonds. The fraction of sp³-hybridized carbons (Fsp3) is 0.250. The van der Waals surface area contributed by atoms with Crippen LogP contribution in [-0.4, -0.2) is 0 Å². The third-order valence-electron chi connectivity index (χ3n) is 2.44. The second-order valence-electron chi connectivity index (χ2n) is 3.41. The van der Waals surface area contributed by atoms with Gasteiger partial charge in [-0.25, -0.2) is 0 Å². The Kier molecular flexibility index (Phi) is 2.35. The van der Waals surface area contributed by atoms with Crippen LogP contribution in [0, 0.1) is 5.92 Å². The minimum atomic E-state index is 0.893. The van der Waals surface area contributed by atoms with Crippen LogP contribution in [0.5, 0.6) is 0 Å². The van der Waals surface area contributed by atoms with Crippen molar-refractivity contribution < 1.29 is 0 Å². The maximum absolute atomic E-state index is 5.90. The Morgan fingerprint density at radius 2 is 2.00 bits per heavy atom. The van der Waals surface area contributed by atoms with Gasteiger partial charge in [0.15, 0.2) is 0 Å². The largest absolute Gasteiger partial charge is 0.398 e. The topological polar surface area (TPSA) is 26.0 Å². The van der Waals surface area contributed by atoms with Crippen LogP contribution in [0.1, 0.15) is 24.8 Å². The molecule has 0 saturated heterocycles. The molecule has 1 aromatic carbocycles. The van der Waals surface area contributed by atoms with Gasteiger partial charge >= 0.3 is 0 Å². The van der Waals surface area contributed by atoms with Gasteiger partial charge in [0.05, 0.1) is 0 Å². The lowest BCUT2D eigenvalue weighted by molar-refractivity contribution is 0.771. The van der Waals surface area contributed by atoms with E-state index in [1.165, 1.54) is 24.3 Å². The van der Waals surface area contributed by atoms with Crippen molar-refractivity contribution in [2.75, 3.05) is 5.73 Å². The van der Waals surface area contributed by atoms with E-state index in [1.54, 1.807) is 0 Å². The Bertz CT molecular complexity index is 315. The molecule has 0 atom stereocenters. The molecule has 67 valence electrons. The van der Waals surface area contributed by atoms with Gasteiger partial charge in [-0.1, -0.05) is 30.4 Å². The molecule has 1 nitrogen and oxygen atoms in total. The normalized spacial score (nSPS) is 17.5. The van der Waals surface area contributed by atoms with Crippen LogP contribution in [0.3, 0.4) is 0 Å². The minimum absolute atomic E-state index is 0.893. The average Bonchev–Trinajstić information content (AvgIpc) is 2.20. The van der Waals surface area contributed by atoms with Crippen molar-refractivity contribution in [1.29, 1.82) is 0 Å². The van der Waals surface area contributed by atoms with Gasteiger partial charge in [0.2, 0.25) is 0 Å². The third-order valence-corrected chi connectivity index (χ3v) is 2.44. The highest BCUT2D eigenvalue weighted by molar-refractivity contribution is 5.56. The SMILES string of the molecule is Nc1ccccc1[C]1C=CCCC1. The Hall–Kier alpha value is -1.24. The number of hydrogen-bond acceptors (Lipinski definition) is 1. The second kappa shape index (κ2) is 3.65. The molecule has 2 rings (SSSR count). The lowest BCUT2D eigenvalue weighted by atomic mass is 9.88. The Morgan fingerprint density at radius 3 is 2.69 bits per heavy atom. The molecule has 0 bridgehead atoms. The number of hydrogen-bond donors (Lipinski definition) is 1. The summed E-state index contributed by atoms with van der Waals surface area (Å²) in [5, 5.41) is 0. The highest BCUT2D eigenvalue weighted by Gasteiger charge is 2.13.